The first kappa shape index (κ1) is 14.8. The number of rotatable bonds is 6. The van der Waals surface area contributed by atoms with Gasteiger partial charge in [0.25, 0.3) is 5.69 Å². The van der Waals surface area contributed by atoms with E-state index in [1.54, 1.807) is 13.0 Å². The van der Waals surface area contributed by atoms with E-state index in [2.05, 4.69) is 15.9 Å². The number of aryl methyl sites for hydroxylation is 1. The first-order valence-corrected chi connectivity index (χ1v) is 7.12. The van der Waals surface area contributed by atoms with Gasteiger partial charge in [0, 0.05) is 28.7 Å². The lowest BCUT2D eigenvalue weighted by molar-refractivity contribution is -0.385. The summed E-state index contributed by atoms with van der Waals surface area (Å²) >= 11 is 3.36. The van der Waals surface area contributed by atoms with Crippen LogP contribution in [0.15, 0.2) is 16.6 Å². The van der Waals surface area contributed by atoms with Crippen molar-refractivity contribution in [1.29, 1.82) is 0 Å². The van der Waals surface area contributed by atoms with Gasteiger partial charge >= 0.3 is 5.97 Å². The standard InChI is InChI=1S/C13H15BrN2O4/c1-8-6-12(10(14)7-11(8)16(19)20)15(9-2-3-9)5-4-13(17)18/h6-7,9H,2-5H2,1H3,(H,17,18). The van der Waals surface area contributed by atoms with Crippen LogP contribution in [-0.2, 0) is 4.79 Å². The molecule has 0 atom stereocenters. The number of carbonyl (C=O) groups is 1. The number of hydrogen-bond acceptors (Lipinski definition) is 4. The third-order valence-corrected chi connectivity index (χ3v) is 3.96. The topological polar surface area (TPSA) is 83.7 Å². The summed E-state index contributed by atoms with van der Waals surface area (Å²) in [6, 6.07) is 3.58. The molecule has 1 aliphatic carbocycles. The minimum absolute atomic E-state index is 0.0545. The minimum atomic E-state index is -0.842. The molecule has 0 saturated heterocycles. The molecule has 0 amide bonds. The Labute approximate surface area is 124 Å². The highest BCUT2D eigenvalue weighted by molar-refractivity contribution is 9.10. The number of halogens is 1. The van der Waals surface area contributed by atoms with E-state index in [0.717, 1.165) is 18.5 Å². The van der Waals surface area contributed by atoms with Crippen molar-refractivity contribution >= 4 is 33.3 Å². The summed E-state index contributed by atoms with van der Waals surface area (Å²) in [4.78, 5) is 23.3. The fourth-order valence-electron chi connectivity index (χ4n) is 2.17. The van der Waals surface area contributed by atoms with Gasteiger partial charge in [0.1, 0.15) is 0 Å². The summed E-state index contributed by atoms with van der Waals surface area (Å²) in [5.41, 5.74) is 1.47. The fraction of sp³-hybridized carbons (Fsp3) is 0.462. The van der Waals surface area contributed by atoms with Crippen LogP contribution in [0.25, 0.3) is 0 Å². The normalized spacial score (nSPS) is 14.1. The maximum Gasteiger partial charge on any atom is 0.305 e. The van der Waals surface area contributed by atoms with Crippen molar-refractivity contribution in [1.82, 2.24) is 0 Å². The second-order valence-electron chi connectivity index (χ2n) is 4.92. The number of nitro groups is 1. The SMILES string of the molecule is Cc1cc(N(CCC(=O)O)C2CC2)c(Br)cc1[N+](=O)[O-]. The number of aliphatic carboxylic acids is 1. The van der Waals surface area contributed by atoms with E-state index < -0.39 is 10.9 Å². The predicted molar refractivity (Wildman–Crippen MR) is 78.2 cm³/mol. The Balaban J connectivity index is 2.31. The van der Waals surface area contributed by atoms with E-state index in [0.29, 0.717) is 22.6 Å². The van der Waals surface area contributed by atoms with E-state index in [1.165, 1.54) is 6.07 Å². The predicted octanol–water partition coefficient (Wildman–Crippen LogP) is 3.11. The number of nitro benzene ring substituents is 1. The molecular formula is C13H15BrN2O4. The Bertz CT molecular complexity index is 558. The van der Waals surface area contributed by atoms with E-state index in [1.807, 2.05) is 4.90 Å². The molecule has 2 rings (SSSR count). The lowest BCUT2D eigenvalue weighted by Gasteiger charge is -2.25. The van der Waals surface area contributed by atoms with Gasteiger partial charge < -0.3 is 10.0 Å². The Morgan fingerprint density at radius 1 is 1.55 bits per heavy atom. The summed E-state index contributed by atoms with van der Waals surface area (Å²) < 4.78 is 0.632. The number of anilines is 1. The molecule has 0 aliphatic heterocycles. The van der Waals surface area contributed by atoms with E-state index in [4.69, 9.17) is 5.11 Å². The number of carboxylic acids is 1. The van der Waals surface area contributed by atoms with Crippen LogP contribution in [0.2, 0.25) is 0 Å². The molecule has 0 bridgehead atoms. The molecule has 7 heteroatoms. The summed E-state index contributed by atoms with van der Waals surface area (Å²) in [6.07, 6.45) is 2.11. The van der Waals surface area contributed by atoms with Crippen LogP contribution in [0.5, 0.6) is 0 Å². The third-order valence-electron chi connectivity index (χ3n) is 3.33. The second kappa shape index (κ2) is 5.78. The van der Waals surface area contributed by atoms with Crippen molar-refractivity contribution in [2.45, 2.75) is 32.2 Å². The molecule has 1 saturated carbocycles. The maximum atomic E-state index is 10.9. The lowest BCUT2D eigenvalue weighted by Crippen LogP contribution is -2.28. The molecule has 6 nitrogen and oxygen atoms in total. The van der Waals surface area contributed by atoms with Gasteiger partial charge in [-0.3, -0.25) is 14.9 Å². The van der Waals surface area contributed by atoms with Crippen LogP contribution in [-0.4, -0.2) is 28.6 Å². The van der Waals surface area contributed by atoms with Crippen LogP contribution < -0.4 is 4.90 Å². The first-order chi connectivity index (χ1) is 9.40. The Morgan fingerprint density at radius 2 is 2.20 bits per heavy atom. The highest BCUT2D eigenvalue weighted by Gasteiger charge is 2.31. The molecule has 20 heavy (non-hydrogen) atoms. The number of carboxylic acid groups (broad SMARTS) is 1. The highest BCUT2D eigenvalue weighted by atomic mass is 79.9. The summed E-state index contributed by atoms with van der Waals surface area (Å²) in [5.74, 6) is -0.842. The largest absolute Gasteiger partial charge is 0.481 e. The van der Waals surface area contributed by atoms with E-state index in [9.17, 15) is 14.9 Å². The molecule has 1 N–H and O–H groups in total. The zero-order valence-corrected chi connectivity index (χ0v) is 12.6. The molecule has 0 unspecified atom stereocenters. The Morgan fingerprint density at radius 3 is 2.70 bits per heavy atom. The van der Waals surface area contributed by atoms with Gasteiger partial charge in [0.15, 0.2) is 0 Å². The van der Waals surface area contributed by atoms with Crippen molar-refractivity contribution < 1.29 is 14.8 Å². The molecule has 1 aromatic carbocycles. The zero-order valence-electron chi connectivity index (χ0n) is 11.0. The molecular weight excluding hydrogens is 328 g/mol. The molecule has 1 aliphatic rings. The van der Waals surface area contributed by atoms with Gasteiger partial charge in [-0.15, -0.1) is 0 Å². The maximum absolute atomic E-state index is 10.9. The molecule has 0 aromatic heterocycles. The fourth-order valence-corrected chi connectivity index (χ4v) is 2.73. The molecule has 0 spiro atoms. The van der Waals surface area contributed by atoms with Gasteiger partial charge in [0.05, 0.1) is 17.0 Å². The van der Waals surface area contributed by atoms with Crippen molar-refractivity contribution in [2.24, 2.45) is 0 Å². The third kappa shape index (κ3) is 3.27. The van der Waals surface area contributed by atoms with Gasteiger partial charge in [-0.2, -0.15) is 0 Å². The van der Waals surface area contributed by atoms with Crippen LogP contribution in [0, 0.1) is 17.0 Å². The number of benzene rings is 1. The van der Waals surface area contributed by atoms with Gasteiger partial charge in [-0.25, -0.2) is 0 Å². The summed E-state index contributed by atoms with van der Waals surface area (Å²) in [6.45, 7) is 2.10. The average Bonchev–Trinajstić information content (AvgIpc) is 3.16. The smallest absolute Gasteiger partial charge is 0.305 e. The van der Waals surface area contributed by atoms with Crippen molar-refractivity contribution in [2.75, 3.05) is 11.4 Å². The lowest BCUT2D eigenvalue weighted by atomic mass is 10.1. The average molecular weight is 343 g/mol. The molecule has 0 radical (unpaired) electrons. The summed E-state index contributed by atoms with van der Waals surface area (Å²) in [7, 11) is 0. The van der Waals surface area contributed by atoms with Crippen molar-refractivity contribution in [3.63, 3.8) is 0 Å². The molecule has 1 fully saturated rings. The quantitative estimate of drug-likeness (QED) is 0.634. The van der Waals surface area contributed by atoms with Crippen molar-refractivity contribution in [3.8, 4) is 0 Å². The van der Waals surface area contributed by atoms with Crippen LogP contribution in [0.1, 0.15) is 24.8 Å². The van der Waals surface area contributed by atoms with E-state index >= 15 is 0 Å². The van der Waals surface area contributed by atoms with Crippen LogP contribution >= 0.6 is 15.9 Å². The van der Waals surface area contributed by atoms with Gasteiger partial charge in [-0.05, 0) is 41.8 Å². The molecule has 1 aromatic rings. The first-order valence-electron chi connectivity index (χ1n) is 6.33. The Kier molecular flexibility index (Phi) is 4.27. The number of nitrogens with zero attached hydrogens (tertiary/aromatic N) is 2. The van der Waals surface area contributed by atoms with Crippen LogP contribution in [0.4, 0.5) is 11.4 Å². The van der Waals surface area contributed by atoms with Crippen LogP contribution in [0.3, 0.4) is 0 Å². The minimum Gasteiger partial charge on any atom is -0.481 e. The van der Waals surface area contributed by atoms with Gasteiger partial charge in [0.2, 0.25) is 0 Å². The second-order valence-corrected chi connectivity index (χ2v) is 5.77. The van der Waals surface area contributed by atoms with E-state index in [-0.39, 0.29) is 12.1 Å². The zero-order chi connectivity index (χ0) is 14.9. The highest BCUT2D eigenvalue weighted by Crippen LogP contribution is 2.38. The van der Waals surface area contributed by atoms with Crippen molar-refractivity contribution in [3.05, 3.63) is 32.3 Å². The monoisotopic (exact) mass is 342 g/mol. The molecule has 108 valence electrons. The number of hydrogen-bond donors (Lipinski definition) is 1. The van der Waals surface area contributed by atoms with Gasteiger partial charge in [-0.1, -0.05) is 0 Å². The Hall–Kier alpha value is -1.63. The summed E-state index contributed by atoms with van der Waals surface area (Å²) in [5, 5.41) is 19.7. The molecule has 0 heterocycles.